The van der Waals surface area contributed by atoms with Crippen molar-refractivity contribution in [2.24, 2.45) is 0 Å². The highest BCUT2D eigenvalue weighted by Crippen LogP contribution is 2.27. The molecule has 7 nitrogen and oxygen atoms in total. The molecule has 0 bridgehead atoms. The molecule has 3 aromatic heterocycles. The number of hydrogen-bond donors (Lipinski definition) is 2. The van der Waals surface area contributed by atoms with E-state index in [-0.39, 0.29) is 5.43 Å². The molecule has 5 aromatic rings. The number of fused-ring (bicyclic) bond motifs is 2. The summed E-state index contributed by atoms with van der Waals surface area (Å²) in [4.78, 5) is 28.9. The van der Waals surface area contributed by atoms with Gasteiger partial charge in [0.05, 0.1) is 17.3 Å². The van der Waals surface area contributed by atoms with E-state index in [0.29, 0.717) is 46.7 Å². The van der Waals surface area contributed by atoms with E-state index in [0.717, 1.165) is 15.6 Å². The lowest BCUT2D eigenvalue weighted by Gasteiger charge is -2.11. The monoisotopic (exact) mass is 461 g/mol. The van der Waals surface area contributed by atoms with Crippen LogP contribution in [0.15, 0.2) is 74.9 Å². The number of anilines is 1. The van der Waals surface area contributed by atoms with Gasteiger partial charge in [-0.3, -0.25) is 4.79 Å². The second kappa shape index (κ2) is 7.72. The molecule has 0 aliphatic heterocycles. The number of aromatic nitrogens is 4. The predicted octanol–water partition coefficient (Wildman–Crippen LogP) is 4.54. The molecule has 0 aliphatic carbocycles. The van der Waals surface area contributed by atoms with Crippen molar-refractivity contribution in [1.29, 1.82) is 0 Å². The van der Waals surface area contributed by atoms with Crippen LogP contribution < -0.4 is 10.7 Å². The van der Waals surface area contributed by atoms with Gasteiger partial charge in [0.15, 0.2) is 11.5 Å². The molecule has 0 saturated carbocycles. The van der Waals surface area contributed by atoms with Gasteiger partial charge in [0.2, 0.25) is 5.43 Å². The van der Waals surface area contributed by atoms with Crippen LogP contribution in [0.3, 0.4) is 0 Å². The maximum atomic E-state index is 13.3. The van der Waals surface area contributed by atoms with Crippen molar-refractivity contribution in [3.63, 3.8) is 0 Å². The fraction of sp³-hybridized carbons (Fsp3) is 0.0909. The lowest BCUT2D eigenvalue weighted by atomic mass is 10.0. The summed E-state index contributed by atoms with van der Waals surface area (Å²) in [5.41, 5.74) is 3.28. The Balaban J connectivity index is 1.53. The first-order chi connectivity index (χ1) is 14.7. The maximum Gasteiger partial charge on any atom is 0.200 e. The number of H-pyrrole nitrogens is 1. The number of hydrogen-bond acceptors (Lipinski definition) is 6. The van der Waals surface area contributed by atoms with Crippen LogP contribution >= 0.6 is 15.9 Å². The third kappa shape index (κ3) is 3.35. The molecule has 0 aliphatic rings. The van der Waals surface area contributed by atoms with E-state index < -0.39 is 0 Å². The fourth-order valence-electron chi connectivity index (χ4n) is 3.48. The molecule has 0 atom stereocenters. The highest BCUT2D eigenvalue weighted by atomic mass is 79.9. The minimum Gasteiger partial charge on any atom is -0.460 e. The molecular formula is C22H16BrN5O2. The largest absolute Gasteiger partial charge is 0.460 e. The molecular weight excluding hydrogens is 446 g/mol. The third-order valence-corrected chi connectivity index (χ3v) is 5.35. The molecule has 0 saturated heterocycles. The van der Waals surface area contributed by atoms with Crippen molar-refractivity contribution in [2.45, 2.75) is 6.42 Å². The van der Waals surface area contributed by atoms with Gasteiger partial charge in [0, 0.05) is 17.4 Å². The zero-order valence-electron chi connectivity index (χ0n) is 15.7. The summed E-state index contributed by atoms with van der Waals surface area (Å²) in [6.45, 7) is 0.524. The highest BCUT2D eigenvalue weighted by Gasteiger charge is 2.16. The summed E-state index contributed by atoms with van der Waals surface area (Å²) in [6.07, 6.45) is 3.55. The minimum atomic E-state index is -0.0447. The maximum absolute atomic E-state index is 13.3. The van der Waals surface area contributed by atoms with Gasteiger partial charge in [0.1, 0.15) is 23.2 Å². The lowest BCUT2D eigenvalue weighted by molar-refractivity contribution is 0.542. The van der Waals surface area contributed by atoms with Crippen molar-refractivity contribution in [3.8, 4) is 11.1 Å². The van der Waals surface area contributed by atoms with E-state index in [1.807, 2.05) is 42.5 Å². The van der Waals surface area contributed by atoms with E-state index in [1.165, 1.54) is 6.33 Å². The Labute approximate surface area is 179 Å². The van der Waals surface area contributed by atoms with Gasteiger partial charge < -0.3 is 14.7 Å². The Morgan fingerprint density at radius 2 is 1.93 bits per heavy atom. The van der Waals surface area contributed by atoms with Crippen LogP contribution in [0.5, 0.6) is 0 Å². The zero-order chi connectivity index (χ0) is 20.5. The summed E-state index contributed by atoms with van der Waals surface area (Å²) in [6, 6.07) is 15.1. The van der Waals surface area contributed by atoms with E-state index in [9.17, 15) is 4.79 Å². The molecule has 8 heteroatoms. The fourth-order valence-corrected chi connectivity index (χ4v) is 3.84. The van der Waals surface area contributed by atoms with Crippen LogP contribution in [-0.4, -0.2) is 26.5 Å². The predicted molar refractivity (Wildman–Crippen MR) is 119 cm³/mol. The van der Waals surface area contributed by atoms with Crippen molar-refractivity contribution in [2.75, 3.05) is 11.9 Å². The normalized spacial score (nSPS) is 11.2. The molecule has 5 rings (SSSR count). The van der Waals surface area contributed by atoms with E-state index in [2.05, 4.69) is 41.2 Å². The number of nitrogens with one attached hydrogen (secondary N) is 2. The second-order valence-corrected chi connectivity index (χ2v) is 7.65. The number of imidazole rings is 1. The minimum absolute atomic E-state index is 0.0447. The molecule has 0 fully saturated rings. The van der Waals surface area contributed by atoms with E-state index in [4.69, 9.17) is 4.42 Å². The van der Waals surface area contributed by atoms with Crippen LogP contribution in [0, 0.1) is 0 Å². The van der Waals surface area contributed by atoms with Crippen molar-refractivity contribution in [1.82, 2.24) is 19.9 Å². The molecule has 30 heavy (non-hydrogen) atoms. The number of halogens is 1. The van der Waals surface area contributed by atoms with Crippen LogP contribution in [0.25, 0.3) is 33.3 Å². The van der Waals surface area contributed by atoms with Gasteiger partial charge >= 0.3 is 0 Å². The molecule has 148 valence electrons. The quantitative estimate of drug-likeness (QED) is 0.398. The number of benzene rings is 2. The Morgan fingerprint density at radius 3 is 2.80 bits per heavy atom. The first-order valence-corrected chi connectivity index (χ1v) is 10.2. The van der Waals surface area contributed by atoms with Gasteiger partial charge in [-0.2, -0.15) is 0 Å². The molecule has 2 N–H and O–H groups in total. The van der Waals surface area contributed by atoms with Crippen molar-refractivity contribution in [3.05, 3.63) is 81.6 Å². The van der Waals surface area contributed by atoms with Gasteiger partial charge in [-0.25, -0.2) is 15.0 Å². The average Bonchev–Trinajstić information content (AvgIpc) is 3.25. The second-order valence-electron chi connectivity index (χ2n) is 6.74. The highest BCUT2D eigenvalue weighted by molar-refractivity contribution is 9.10. The average molecular weight is 462 g/mol. The SMILES string of the molecule is O=c1c(-c2ccccc2)c(CCNc2ncnc3nc[nH]c23)oc2ccc(Br)cc12. The first kappa shape index (κ1) is 18.5. The topological polar surface area (TPSA) is 96.7 Å². The smallest absolute Gasteiger partial charge is 0.200 e. The molecule has 0 spiro atoms. The summed E-state index contributed by atoms with van der Waals surface area (Å²) < 4.78 is 7.02. The van der Waals surface area contributed by atoms with Crippen molar-refractivity contribution >= 4 is 43.9 Å². The third-order valence-electron chi connectivity index (χ3n) is 4.86. The molecule has 0 radical (unpaired) electrons. The zero-order valence-corrected chi connectivity index (χ0v) is 17.3. The Kier molecular flexibility index (Phi) is 4.76. The number of rotatable bonds is 5. The lowest BCUT2D eigenvalue weighted by Crippen LogP contribution is -2.13. The Hall–Kier alpha value is -3.52. The molecule has 2 aromatic carbocycles. The number of nitrogens with zero attached hydrogens (tertiary/aromatic N) is 3. The summed E-state index contributed by atoms with van der Waals surface area (Å²) in [7, 11) is 0. The summed E-state index contributed by atoms with van der Waals surface area (Å²) in [5.74, 6) is 1.29. The molecule has 0 amide bonds. The molecule has 0 unspecified atom stereocenters. The standard InChI is InChI=1S/C22H16BrN5O2/c23-14-6-7-16-15(10-14)20(29)18(13-4-2-1-3-5-13)17(30-16)8-9-24-21-19-22(26-11-25-19)28-12-27-21/h1-7,10-12H,8-9H2,(H2,24,25,26,27,28). The van der Waals surface area contributed by atoms with Crippen LogP contribution in [0.2, 0.25) is 0 Å². The van der Waals surface area contributed by atoms with Crippen LogP contribution in [-0.2, 0) is 6.42 Å². The first-order valence-electron chi connectivity index (χ1n) is 9.39. The van der Waals surface area contributed by atoms with Gasteiger partial charge in [-0.05, 0) is 23.8 Å². The Morgan fingerprint density at radius 1 is 1.07 bits per heavy atom. The van der Waals surface area contributed by atoms with Gasteiger partial charge in [0.25, 0.3) is 0 Å². The van der Waals surface area contributed by atoms with E-state index in [1.54, 1.807) is 12.4 Å². The molecule has 3 heterocycles. The van der Waals surface area contributed by atoms with Crippen molar-refractivity contribution < 1.29 is 4.42 Å². The number of aromatic amines is 1. The van der Waals surface area contributed by atoms with Gasteiger partial charge in [-0.1, -0.05) is 46.3 Å². The Bertz CT molecular complexity index is 1410. The van der Waals surface area contributed by atoms with E-state index >= 15 is 0 Å². The summed E-state index contributed by atoms with van der Waals surface area (Å²) >= 11 is 3.44. The van der Waals surface area contributed by atoms with Gasteiger partial charge in [-0.15, -0.1) is 0 Å². The van der Waals surface area contributed by atoms with Crippen LogP contribution in [0.1, 0.15) is 5.76 Å². The van der Waals surface area contributed by atoms with Crippen LogP contribution in [0.4, 0.5) is 5.82 Å². The summed E-state index contributed by atoms with van der Waals surface area (Å²) in [5, 5.41) is 3.84.